The molecule has 1 aromatic carbocycles. The zero-order chi connectivity index (χ0) is 22.8. The van der Waals surface area contributed by atoms with E-state index in [0.29, 0.717) is 12.2 Å². The first kappa shape index (κ1) is 21.4. The van der Waals surface area contributed by atoms with Gasteiger partial charge in [-0.3, -0.25) is 9.78 Å². The van der Waals surface area contributed by atoms with Gasteiger partial charge in [0.1, 0.15) is 5.82 Å². The maximum Gasteiger partial charge on any atom is 0.224 e. The number of fused-ring (bicyclic) bond motifs is 1. The molecule has 2 N–H and O–H groups in total. The molecule has 2 aliphatic rings. The van der Waals surface area contributed by atoms with Crippen molar-refractivity contribution in [3.05, 3.63) is 71.7 Å². The van der Waals surface area contributed by atoms with E-state index in [2.05, 4.69) is 46.3 Å². The number of benzene rings is 1. The van der Waals surface area contributed by atoms with Gasteiger partial charge >= 0.3 is 0 Å². The van der Waals surface area contributed by atoms with Crippen LogP contribution in [0.2, 0.25) is 0 Å². The van der Waals surface area contributed by atoms with Crippen LogP contribution in [0.15, 0.2) is 54.7 Å². The number of carbonyl (C=O) groups excluding carboxylic acids is 1. The Morgan fingerprint density at radius 1 is 1.12 bits per heavy atom. The van der Waals surface area contributed by atoms with E-state index in [0.717, 1.165) is 68.0 Å². The summed E-state index contributed by atoms with van der Waals surface area (Å²) in [6, 6.07) is 16.6. The molecule has 5 rings (SSSR count). The molecule has 4 heterocycles. The summed E-state index contributed by atoms with van der Waals surface area (Å²) >= 11 is 0. The molecule has 1 atom stereocenters. The largest absolute Gasteiger partial charge is 0.384 e. The van der Waals surface area contributed by atoms with Crippen molar-refractivity contribution < 1.29 is 4.79 Å². The van der Waals surface area contributed by atoms with E-state index in [1.54, 1.807) is 6.20 Å². The normalized spacial score (nSPS) is 17.8. The Balaban J connectivity index is 1.23. The SMILES string of the molecule is Cc1cc(-c2ccc(N)nc2)cc([C@@H]2CCN(C(=O)CCN3CCCc4ccccc43)C2)n1. The summed E-state index contributed by atoms with van der Waals surface area (Å²) in [5, 5.41) is 0. The zero-order valence-corrected chi connectivity index (χ0v) is 19.2. The molecule has 2 aromatic heterocycles. The number of nitrogens with zero attached hydrogens (tertiary/aromatic N) is 4. The molecule has 3 aromatic rings. The quantitative estimate of drug-likeness (QED) is 0.642. The highest BCUT2D eigenvalue weighted by atomic mass is 16.2. The summed E-state index contributed by atoms with van der Waals surface area (Å²) in [5.41, 5.74) is 12.6. The molecule has 0 aliphatic carbocycles. The van der Waals surface area contributed by atoms with Crippen molar-refractivity contribution in [2.24, 2.45) is 0 Å². The van der Waals surface area contributed by atoms with Crippen molar-refractivity contribution in [3.63, 3.8) is 0 Å². The highest BCUT2D eigenvalue weighted by Crippen LogP contribution is 2.31. The third-order valence-electron chi connectivity index (χ3n) is 6.85. The highest BCUT2D eigenvalue weighted by Gasteiger charge is 2.29. The predicted octanol–water partition coefficient (Wildman–Crippen LogP) is 4.19. The van der Waals surface area contributed by atoms with Crippen molar-refractivity contribution in [2.45, 2.75) is 38.5 Å². The number of hydrogen-bond acceptors (Lipinski definition) is 5. The third kappa shape index (κ3) is 4.70. The van der Waals surface area contributed by atoms with Crippen LogP contribution >= 0.6 is 0 Å². The molecule has 0 radical (unpaired) electrons. The smallest absolute Gasteiger partial charge is 0.224 e. The van der Waals surface area contributed by atoms with Gasteiger partial charge in [0.15, 0.2) is 0 Å². The van der Waals surface area contributed by atoms with Gasteiger partial charge in [0.2, 0.25) is 5.91 Å². The van der Waals surface area contributed by atoms with Crippen molar-refractivity contribution in [1.29, 1.82) is 0 Å². The van der Waals surface area contributed by atoms with Gasteiger partial charge in [-0.15, -0.1) is 0 Å². The van der Waals surface area contributed by atoms with Crippen LogP contribution in [-0.4, -0.2) is 47.0 Å². The Kier molecular flexibility index (Phi) is 5.99. The van der Waals surface area contributed by atoms with Crippen molar-refractivity contribution >= 4 is 17.4 Å². The predicted molar refractivity (Wildman–Crippen MR) is 132 cm³/mol. The van der Waals surface area contributed by atoms with Gasteiger partial charge in [0.25, 0.3) is 0 Å². The van der Waals surface area contributed by atoms with E-state index in [4.69, 9.17) is 10.7 Å². The third-order valence-corrected chi connectivity index (χ3v) is 6.85. The number of nitrogen functional groups attached to an aromatic ring is 1. The lowest BCUT2D eigenvalue weighted by Gasteiger charge is -2.31. The van der Waals surface area contributed by atoms with Gasteiger partial charge in [0, 0.05) is 67.4 Å². The molecule has 6 nitrogen and oxygen atoms in total. The number of carbonyl (C=O) groups is 1. The highest BCUT2D eigenvalue weighted by molar-refractivity contribution is 5.77. The summed E-state index contributed by atoms with van der Waals surface area (Å²) in [7, 11) is 0. The maximum absolute atomic E-state index is 13.0. The molecule has 0 spiro atoms. The summed E-state index contributed by atoms with van der Waals surface area (Å²) < 4.78 is 0. The number of likely N-dealkylation sites (tertiary alicyclic amines) is 1. The van der Waals surface area contributed by atoms with Gasteiger partial charge in [0.05, 0.1) is 0 Å². The minimum Gasteiger partial charge on any atom is -0.384 e. The number of hydrogen-bond donors (Lipinski definition) is 1. The second kappa shape index (κ2) is 9.22. The van der Waals surface area contributed by atoms with Gasteiger partial charge in [-0.25, -0.2) is 4.98 Å². The minimum atomic E-state index is 0.246. The topological polar surface area (TPSA) is 75.3 Å². The van der Waals surface area contributed by atoms with Crippen LogP contribution in [0.4, 0.5) is 11.5 Å². The molecule has 0 saturated carbocycles. The fourth-order valence-corrected chi connectivity index (χ4v) is 5.11. The monoisotopic (exact) mass is 441 g/mol. The van der Waals surface area contributed by atoms with E-state index in [9.17, 15) is 4.79 Å². The lowest BCUT2D eigenvalue weighted by Crippen LogP contribution is -2.35. The van der Waals surface area contributed by atoms with Crippen LogP contribution in [0.3, 0.4) is 0 Å². The number of para-hydroxylation sites is 1. The molecule has 2 aliphatic heterocycles. The second-order valence-corrected chi connectivity index (χ2v) is 9.19. The van der Waals surface area contributed by atoms with Crippen molar-refractivity contribution in [3.8, 4) is 11.1 Å². The molecule has 0 bridgehead atoms. The van der Waals surface area contributed by atoms with Crippen LogP contribution < -0.4 is 10.6 Å². The molecular formula is C27H31N5O. The Bertz CT molecular complexity index is 1140. The summed E-state index contributed by atoms with van der Waals surface area (Å²) in [5.74, 6) is 1.03. The lowest BCUT2D eigenvalue weighted by molar-refractivity contribution is -0.129. The minimum absolute atomic E-state index is 0.246. The number of rotatable bonds is 5. The van der Waals surface area contributed by atoms with E-state index in [1.165, 1.54) is 11.3 Å². The first-order valence-electron chi connectivity index (χ1n) is 11.9. The number of anilines is 2. The number of amides is 1. The Morgan fingerprint density at radius 2 is 2.00 bits per heavy atom. The van der Waals surface area contributed by atoms with E-state index >= 15 is 0 Å². The van der Waals surface area contributed by atoms with Gasteiger partial charge in [-0.1, -0.05) is 18.2 Å². The first-order valence-corrected chi connectivity index (χ1v) is 11.9. The molecular weight excluding hydrogens is 410 g/mol. The molecule has 1 amide bonds. The molecule has 170 valence electrons. The van der Waals surface area contributed by atoms with Crippen molar-refractivity contribution in [2.75, 3.05) is 36.8 Å². The fourth-order valence-electron chi connectivity index (χ4n) is 5.11. The number of aromatic nitrogens is 2. The van der Waals surface area contributed by atoms with Crippen LogP contribution in [0, 0.1) is 6.92 Å². The first-order chi connectivity index (χ1) is 16.1. The molecule has 0 unspecified atom stereocenters. The standard InChI is InChI=1S/C27H31N5O/c1-19-15-23(21-8-9-26(28)29-17-21)16-24(30-19)22-10-13-32(18-22)27(33)11-14-31-12-4-6-20-5-2-3-7-25(20)31/h2-3,5,7-9,15-17,22H,4,6,10-14,18H2,1H3,(H2,28,29)/t22-/m1/s1. The van der Waals surface area contributed by atoms with Crippen LogP contribution in [-0.2, 0) is 11.2 Å². The van der Waals surface area contributed by atoms with Crippen LogP contribution in [0.5, 0.6) is 0 Å². The van der Waals surface area contributed by atoms with E-state index < -0.39 is 0 Å². The number of pyridine rings is 2. The average molecular weight is 442 g/mol. The van der Waals surface area contributed by atoms with E-state index in [-0.39, 0.29) is 11.8 Å². The maximum atomic E-state index is 13.0. The summed E-state index contributed by atoms with van der Waals surface area (Å²) in [4.78, 5) is 26.4. The molecule has 1 fully saturated rings. The molecule has 1 saturated heterocycles. The molecule has 33 heavy (non-hydrogen) atoms. The Morgan fingerprint density at radius 3 is 2.85 bits per heavy atom. The van der Waals surface area contributed by atoms with Gasteiger partial charge in [-0.05, 0) is 67.6 Å². The fraction of sp³-hybridized carbons (Fsp3) is 0.370. The van der Waals surface area contributed by atoms with Gasteiger partial charge < -0.3 is 15.5 Å². The lowest BCUT2D eigenvalue weighted by atomic mass is 9.99. The zero-order valence-electron chi connectivity index (χ0n) is 19.2. The molecule has 6 heteroatoms. The second-order valence-electron chi connectivity index (χ2n) is 9.19. The summed E-state index contributed by atoms with van der Waals surface area (Å²) in [6.45, 7) is 5.38. The Hall–Kier alpha value is -3.41. The van der Waals surface area contributed by atoms with Crippen LogP contribution in [0.1, 0.15) is 42.1 Å². The number of nitrogens with two attached hydrogens (primary N) is 1. The van der Waals surface area contributed by atoms with E-state index in [1.807, 2.05) is 24.0 Å². The van der Waals surface area contributed by atoms with Crippen molar-refractivity contribution in [1.82, 2.24) is 14.9 Å². The Labute approximate surface area is 195 Å². The van der Waals surface area contributed by atoms with Crippen LogP contribution in [0.25, 0.3) is 11.1 Å². The number of aryl methyl sites for hydroxylation is 2. The average Bonchev–Trinajstić information content (AvgIpc) is 3.33. The van der Waals surface area contributed by atoms with Gasteiger partial charge in [-0.2, -0.15) is 0 Å². The summed E-state index contributed by atoms with van der Waals surface area (Å²) in [6.07, 6.45) is 5.60.